The van der Waals surface area contributed by atoms with Crippen molar-refractivity contribution >= 4 is 5.91 Å². The molecule has 0 aliphatic carbocycles. The number of fused-ring (bicyclic) bond motifs is 1. The van der Waals surface area contributed by atoms with E-state index in [0.717, 1.165) is 11.3 Å². The first-order valence-corrected chi connectivity index (χ1v) is 7.52. The zero-order valence-corrected chi connectivity index (χ0v) is 13.1. The van der Waals surface area contributed by atoms with Gasteiger partial charge >= 0.3 is 12.2 Å². The molecule has 5 nitrogen and oxygen atoms in total. The molecule has 1 aliphatic heterocycles. The van der Waals surface area contributed by atoms with Gasteiger partial charge in [0.15, 0.2) is 11.5 Å². The summed E-state index contributed by atoms with van der Waals surface area (Å²) < 4.78 is 16.3. The second-order valence-electron chi connectivity index (χ2n) is 5.44. The highest BCUT2D eigenvalue weighted by Gasteiger charge is 2.31. The largest absolute Gasteiger partial charge is 0.496 e. The highest BCUT2D eigenvalue weighted by molar-refractivity contribution is 5.81. The van der Waals surface area contributed by atoms with Crippen LogP contribution in [0.1, 0.15) is 12.5 Å². The highest BCUT2D eigenvalue weighted by atomic mass is 16.7. The van der Waals surface area contributed by atoms with Crippen molar-refractivity contribution < 1.29 is 19.0 Å². The normalized spacial score (nSPS) is 14.3. The lowest BCUT2D eigenvalue weighted by molar-refractivity contribution is -0.137. The van der Waals surface area contributed by atoms with Crippen LogP contribution in [0, 0.1) is 0 Å². The number of methoxy groups -OCH3 is 1. The molecule has 3 rings (SSSR count). The molecular weight excluding hydrogens is 294 g/mol. The zero-order valence-electron chi connectivity index (χ0n) is 13.1. The maximum absolute atomic E-state index is 12.3. The number of nitrogens with one attached hydrogen (secondary N) is 1. The van der Waals surface area contributed by atoms with Gasteiger partial charge in [0.05, 0.1) is 7.11 Å². The molecule has 1 amide bonds. The molecule has 0 fully saturated rings. The fraction of sp³-hybridized carbons (Fsp3) is 0.278. The van der Waals surface area contributed by atoms with Crippen molar-refractivity contribution in [2.75, 3.05) is 7.11 Å². The topological polar surface area (TPSA) is 56.8 Å². The Hall–Kier alpha value is -2.69. The lowest BCUT2D eigenvalue weighted by Crippen LogP contribution is -2.44. The molecule has 2 aromatic rings. The van der Waals surface area contributed by atoms with Gasteiger partial charge in [-0.2, -0.15) is 0 Å². The van der Waals surface area contributed by atoms with Crippen LogP contribution in [0.5, 0.6) is 17.2 Å². The Morgan fingerprint density at radius 2 is 1.74 bits per heavy atom. The summed E-state index contributed by atoms with van der Waals surface area (Å²) in [6, 6.07) is 14.9. The average molecular weight is 313 g/mol. The summed E-state index contributed by atoms with van der Waals surface area (Å²) in [6.45, 7) is 1.94. The fourth-order valence-electron chi connectivity index (χ4n) is 2.57. The van der Waals surface area contributed by atoms with Crippen molar-refractivity contribution in [1.29, 1.82) is 0 Å². The number of rotatable bonds is 5. The summed E-state index contributed by atoms with van der Waals surface area (Å²) in [5.74, 6) is 1.70. The van der Waals surface area contributed by atoms with E-state index in [0.29, 0.717) is 17.9 Å². The third-order valence-corrected chi connectivity index (χ3v) is 3.64. The van der Waals surface area contributed by atoms with Gasteiger partial charge < -0.3 is 19.5 Å². The molecule has 0 bridgehead atoms. The van der Waals surface area contributed by atoms with Crippen molar-refractivity contribution in [3.05, 3.63) is 54.1 Å². The van der Waals surface area contributed by atoms with Crippen LogP contribution in [0.4, 0.5) is 0 Å². The molecule has 0 saturated carbocycles. The van der Waals surface area contributed by atoms with Crippen LogP contribution in [-0.4, -0.2) is 25.3 Å². The van der Waals surface area contributed by atoms with Crippen molar-refractivity contribution in [2.45, 2.75) is 25.7 Å². The molecule has 23 heavy (non-hydrogen) atoms. The minimum absolute atomic E-state index is 0.0743. The lowest BCUT2D eigenvalue weighted by atomic mass is 10.1. The fourth-order valence-corrected chi connectivity index (χ4v) is 2.57. The van der Waals surface area contributed by atoms with Crippen molar-refractivity contribution in [3.8, 4) is 17.2 Å². The maximum Gasteiger partial charge on any atom is 0.321 e. The average Bonchev–Trinajstić information content (AvgIpc) is 2.99. The van der Waals surface area contributed by atoms with E-state index in [2.05, 4.69) is 5.32 Å². The van der Waals surface area contributed by atoms with E-state index in [1.54, 1.807) is 19.2 Å². The first-order valence-electron chi connectivity index (χ1n) is 7.52. The van der Waals surface area contributed by atoms with E-state index in [9.17, 15) is 4.79 Å². The molecule has 1 unspecified atom stereocenters. The van der Waals surface area contributed by atoms with Gasteiger partial charge in [-0.05, 0) is 37.1 Å². The van der Waals surface area contributed by atoms with E-state index < -0.39 is 6.29 Å². The molecule has 0 saturated heterocycles. The standard InChI is InChI=1S/C18H19NO4/c1-12(11-13-7-3-4-8-14(13)21-2)19-17(20)18-22-15-9-5-6-10-16(15)23-18/h3-10,12,18H,11H2,1-2H3,(H,19,20). The van der Waals surface area contributed by atoms with Gasteiger partial charge in [0.25, 0.3) is 0 Å². The van der Waals surface area contributed by atoms with Crippen molar-refractivity contribution in [3.63, 3.8) is 0 Å². The van der Waals surface area contributed by atoms with Crippen LogP contribution >= 0.6 is 0 Å². The smallest absolute Gasteiger partial charge is 0.321 e. The number of carbonyl (C=O) groups is 1. The Morgan fingerprint density at radius 3 is 2.39 bits per heavy atom. The van der Waals surface area contributed by atoms with Gasteiger partial charge in [-0.25, -0.2) is 0 Å². The summed E-state index contributed by atoms with van der Waals surface area (Å²) in [5, 5.41) is 2.91. The Labute approximate surface area is 135 Å². The van der Waals surface area contributed by atoms with Gasteiger partial charge in [0.2, 0.25) is 0 Å². The molecule has 0 radical (unpaired) electrons. The predicted octanol–water partition coefficient (Wildman–Crippen LogP) is 2.54. The summed E-state index contributed by atoms with van der Waals surface area (Å²) in [6.07, 6.45) is -0.275. The van der Waals surface area contributed by atoms with Crippen LogP contribution < -0.4 is 19.5 Å². The molecule has 1 aliphatic rings. The van der Waals surface area contributed by atoms with Gasteiger partial charge in [-0.1, -0.05) is 30.3 Å². The van der Waals surface area contributed by atoms with E-state index in [-0.39, 0.29) is 11.9 Å². The first-order chi connectivity index (χ1) is 11.2. The lowest BCUT2D eigenvalue weighted by Gasteiger charge is -2.17. The second kappa shape index (κ2) is 6.60. The Bertz CT molecular complexity index is 676. The maximum atomic E-state index is 12.3. The number of benzene rings is 2. The van der Waals surface area contributed by atoms with Crippen LogP contribution in [0.2, 0.25) is 0 Å². The van der Waals surface area contributed by atoms with E-state index in [4.69, 9.17) is 14.2 Å². The number of carbonyl (C=O) groups excluding carboxylic acids is 1. The van der Waals surface area contributed by atoms with Crippen LogP contribution in [0.15, 0.2) is 48.5 Å². The van der Waals surface area contributed by atoms with Gasteiger partial charge in [0, 0.05) is 6.04 Å². The number of hydrogen-bond acceptors (Lipinski definition) is 4. The molecule has 0 aromatic heterocycles. The van der Waals surface area contributed by atoms with Gasteiger partial charge in [-0.15, -0.1) is 0 Å². The number of amides is 1. The molecule has 1 heterocycles. The quantitative estimate of drug-likeness (QED) is 0.921. The summed E-state index contributed by atoms with van der Waals surface area (Å²) >= 11 is 0. The monoisotopic (exact) mass is 313 g/mol. The molecule has 0 spiro atoms. The van der Waals surface area contributed by atoms with Crippen molar-refractivity contribution in [1.82, 2.24) is 5.32 Å². The zero-order chi connectivity index (χ0) is 16.2. The van der Waals surface area contributed by atoms with E-state index in [1.165, 1.54) is 0 Å². The van der Waals surface area contributed by atoms with Gasteiger partial charge in [-0.3, -0.25) is 4.79 Å². The second-order valence-corrected chi connectivity index (χ2v) is 5.44. The van der Waals surface area contributed by atoms with E-state index in [1.807, 2.05) is 43.3 Å². The van der Waals surface area contributed by atoms with Crippen LogP contribution in [0.3, 0.4) is 0 Å². The predicted molar refractivity (Wildman–Crippen MR) is 85.8 cm³/mol. The molecule has 120 valence electrons. The number of hydrogen-bond donors (Lipinski definition) is 1. The Balaban J connectivity index is 1.58. The molecule has 1 N–H and O–H groups in total. The van der Waals surface area contributed by atoms with Crippen molar-refractivity contribution in [2.24, 2.45) is 0 Å². The van der Waals surface area contributed by atoms with E-state index >= 15 is 0 Å². The highest BCUT2D eigenvalue weighted by Crippen LogP contribution is 2.33. The van der Waals surface area contributed by atoms with Crippen LogP contribution in [-0.2, 0) is 11.2 Å². The minimum atomic E-state index is -0.937. The first kappa shape index (κ1) is 15.2. The number of para-hydroxylation sites is 3. The number of ether oxygens (including phenoxy) is 3. The molecular formula is C18H19NO4. The summed E-state index contributed by atoms with van der Waals surface area (Å²) in [7, 11) is 1.64. The summed E-state index contributed by atoms with van der Waals surface area (Å²) in [5.41, 5.74) is 1.04. The third-order valence-electron chi connectivity index (χ3n) is 3.64. The van der Waals surface area contributed by atoms with Crippen LogP contribution in [0.25, 0.3) is 0 Å². The van der Waals surface area contributed by atoms with Gasteiger partial charge in [0.1, 0.15) is 5.75 Å². The minimum Gasteiger partial charge on any atom is -0.496 e. The Morgan fingerprint density at radius 1 is 1.13 bits per heavy atom. The molecule has 1 atom stereocenters. The molecule has 2 aromatic carbocycles. The Kier molecular flexibility index (Phi) is 4.37. The third kappa shape index (κ3) is 3.39. The SMILES string of the molecule is COc1ccccc1CC(C)NC(=O)C1Oc2ccccc2O1. The summed E-state index contributed by atoms with van der Waals surface area (Å²) in [4.78, 5) is 12.3. The molecule has 5 heteroatoms.